The monoisotopic (exact) mass is 424 g/mol. The van der Waals surface area contributed by atoms with E-state index in [1.807, 2.05) is 53.9 Å². The maximum Gasteiger partial charge on any atom is 0.264 e. The zero-order chi connectivity index (χ0) is 18.3. The summed E-state index contributed by atoms with van der Waals surface area (Å²) in [5.74, 6) is 0.677. The van der Waals surface area contributed by atoms with Crippen molar-refractivity contribution in [3.8, 4) is 5.69 Å². The molecular formula is C19H22Cl2N4OS. The van der Waals surface area contributed by atoms with Crippen LogP contribution in [0.5, 0.6) is 0 Å². The van der Waals surface area contributed by atoms with E-state index >= 15 is 0 Å². The second kappa shape index (κ2) is 8.19. The number of aromatic nitrogens is 2. The molecule has 1 fully saturated rings. The van der Waals surface area contributed by atoms with Crippen LogP contribution in [0.3, 0.4) is 0 Å². The number of thiophene rings is 1. The summed E-state index contributed by atoms with van der Waals surface area (Å²) in [7, 11) is 1.96. The third-order valence-electron chi connectivity index (χ3n) is 4.89. The van der Waals surface area contributed by atoms with Gasteiger partial charge in [-0.2, -0.15) is 5.10 Å². The first-order valence-corrected chi connectivity index (χ1v) is 9.95. The quantitative estimate of drug-likeness (QED) is 0.683. The highest BCUT2D eigenvalue weighted by atomic mass is 35.5. The van der Waals surface area contributed by atoms with Crippen molar-refractivity contribution >= 4 is 51.5 Å². The number of aryl methyl sites for hydroxylation is 1. The molecule has 0 bridgehead atoms. The number of hydrogen-bond donors (Lipinski definition) is 1. The van der Waals surface area contributed by atoms with Gasteiger partial charge in [0, 0.05) is 23.5 Å². The molecule has 3 heterocycles. The maximum atomic E-state index is 12.9. The summed E-state index contributed by atoms with van der Waals surface area (Å²) >= 11 is 7.51. The van der Waals surface area contributed by atoms with E-state index in [-0.39, 0.29) is 18.3 Å². The number of benzene rings is 1. The Hall–Kier alpha value is -1.60. The van der Waals surface area contributed by atoms with E-state index in [0.29, 0.717) is 10.9 Å². The minimum absolute atomic E-state index is 0. The van der Waals surface area contributed by atoms with Gasteiger partial charge in [0.2, 0.25) is 0 Å². The second-order valence-corrected chi connectivity index (χ2v) is 8.23. The predicted molar refractivity (Wildman–Crippen MR) is 114 cm³/mol. The number of carbonyl (C=O) groups is 1. The number of halogens is 2. The van der Waals surface area contributed by atoms with Crippen molar-refractivity contribution in [2.75, 3.05) is 26.7 Å². The number of rotatable bonds is 4. The van der Waals surface area contributed by atoms with Gasteiger partial charge in [0.05, 0.1) is 16.3 Å². The number of nitrogens with zero attached hydrogens (tertiary/aromatic N) is 3. The summed E-state index contributed by atoms with van der Waals surface area (Å²) < 4.78 is 1.90. The highest BCUT2D eigenvalue weighted by Gasteiger charge is 2.28. The van der Waals surface area contributed by atoms with Crippen LogP contribution in [0.15, 0.2) is 30.3 Å². The molecule has 144 valence electrons. The van der Waals surface area contributed by atoms with Gasteiger partial charge in [0.1, 0.15) is 4.83 Å². The Morgan fingerprint density at radius 2 is 2.11 bits per heavy atom. The minimum atomic E-state index is 0. The molecule has 1 atom stereocenters. The van der Waals surface area contributed by atoms with Gasteiger partial charge in [-0.25, -0.2) is 4.68 Å². The van der Waals surface area contributed by atoms with Crippen molar-refractivity contribution < 1.29 is 4.79 Å². The third kappa shape index (κ3) is 3.85. The number of likely N-dealkylation sites (tertiary alicyclic amines) is 1. The number of carbonyl (C=O) groups excluding carboxylic acids is 1. The molecule has 3 aromatic rings. The van der Waals surface area contributed by atoms with E-state index < -0.39 is 0 Å². The Morgan fingerprint density at radius 1 is 1.37 bits per heavy atom. The van der Waals surface area contributed by atoms with Gasteiger partial charge in [-0.15, -0.1) is 23.7 Å². The topological polar surface area (TPSA) is 50.2 Å². The Kier molecular flexibility index (Phi) is 6.11. The van der Waals surface area contributed by atoms with Gasteiger partial charge in [0.15, 0.2) is 0 Å². The molecular weight excluding hydrogens is 403 g/mol. The van der Waals surface area contributed by atoms with E-state index in [0.717, 1.165) is 52.5 Å². The predicted octanol–water partition coefficient (Wildman–Crippen LogP) is 4.15. The van der Waals surface area contributed by atoms with Crippen molar-refractivity contribution in [2.45, 2.75) is 13.3 Å². The van der Waals surface area contributed by atoms with Crippen LogP contribution >= 0.6 is 35.3 Å². The van der Waals surface area contributed by atoms with Crippen molar-refractivity contribution in [1.82, 2.24) is 20.0 Å². The van der Waals surface area contributed by atoms with Crippen molar-refractivity contribution in [3.05, 3.63) is 45.9 Å². The molecule has 0 saturated carbocycles. The molecule has 1 unspecified atom stereocenters. The van der Waals surface area contributed by atoms with Crippen LogP contribution in [0.1, 0.15) is 21.8 Å². The van der Waals surface area contributed by atoms with E-state index in [1.54, 1.807) is 0 Å². The first-order chi connectivity index (χ1) is 12.6. The molecule has 0 spiro atoms. The third-order valence-corrected chi connectivity index (χ3v) is 6.24. The van der Waals surface area contributed by atoms with E-state index in [4.69, 9.17) is 11.6 Å². The molecule has 1 N–H and O–H groups in total. The minimum Gasteiger partial charge on any atom is -0.338 e. The summed E-state index contributed by atoms with van der Waals surface area (Å²) in [6.07, 6.45) is 1.06. The van der Waals surface area contributed by atoms with Crippen LogP contribution in [0.25, 0.3) is 15.9 Å². The number of fused-ring (bicyclic) bond motifs is 1. The van der Waals surface area contributed by atoms with Crippen LogP contribution in [0, 0.1) is 12.8 Å². The fraction of sp³-hybridized carbons (Fsp3) is 0.368. The van der Waals surface area contributed by atoms with Gasteiger partial charge in [-0.1, -0.05) is 11.6 Å². The molecule has 1 amide bonds. The summed E-state index contributed by atoms with van der Waals surface area (Å²) in [4.78, 5) is 16.7. The fourth-order valence-electron chi connectivity index (χ4n) is 3.54. The Balaban J connectivity index is 0.00000210. The molecule has 2 aromatic heterocycles. The van der Waals surface area contributed by atoms with E-state index in [9.17, 15) is 4.79 Å². The van der Waals surface area contributed by atoms with Gasteiger partial charge in [0.25, 0.3) is 5.91 Å². The van der Waals surface area contributed by atoms with Crippen molar-refractivity contribution in [3.63, 3.8) is 0 Å². The molecule has 1 saturated heterocycles. The summed E-state index contributed by atoms with van der Waals surface area (Å²) in [5.41, 5.74) is 1.88. The van der Waals surface area contributed by atoms with Crippen LogP contribution in [0.2, 0.25) is 5.02 Å². The van der Waals surface area contributed by atoms with Gasteiger partial charge >= 0.3 is 0 Å². The highest BCUT2D eigenvalue weighted by molar-refractivity contribution is 7.20. The Labute approximate surface area is 173 Å². The zero-order valence-electron chi connectivity index (χ0n) is 15.2. The first-order valence-electron chi connectivity index (χ1n) is 8.76. The van der Waals surface area contributed by atoms with Crippen LogP contribution in [-0.2, 0) is 0 Å². The van der Waals surface area contributed by atoms with Gasteiger partial charge < -0.3 is 10.2 Å². The lowest BCUT2D eigenvalue weighted by Gasteiger charge is -2.15. The fourth-order valence-corrected chi connectivity index (χ4v) is 4.81. The molecule has 1 aliphatic rings. The molecule has 27 heavy (non-hydrogen) atoms. The van der Waals surface area contributed by atoms with Crippen LogP contribution in [-0.4, -0.2) is 47.3 Å². The molecule has 0 radical (unpaired) electrons. The largest absolute Gasteiger partial charge is 0.338 e. The summed E-state index contributed by atoms with van der Waals surface area (Å²) in [5, 5.41) is 9.58. The number of nitrogens with one attached hydrogen (secondary N) is 1. The average molecular weight is 425 g/mol. The van der Waals surface area contributed by atoms with Gasteiger partial charge in [-0.3, -0.25) is 4.79 Å². The smallest absolute Gasteiger partial charge is 0.264 e. The zero-order valence-corrected chi connectivity index (χ0v) is 17.6. The van der Waals surface area contributed by atoms with Crippen molar-refractivity contribution in [2.24, 2.45) is 5.92 Å². The molecule has 1 aliphatic heterocycles. The van der Waals surface area contributed by atoms with Crippen LogP contribution < -0.4 is 5.32 Å². The van der Waals surface area contributed by atoms with Crippen molar-refractivity contribution in [1.29, 1.82) is 0 Å². The molecule has 1 aromatic carbocycles. The lowest BCUT2D eigenvalue weighted by molar-refractivity contribution is 0.0792. The molecule has 4 rings (SSSR count). The standard InChI is InChI=1S/C19H21ClN4OS.ClH/c1-12-16-9-17(18(25)23-8-7-13(11-23)10-21-2)26-19(16)24(22-12)15-5-3-14(20)4-6-15;/h3-6,9,13,21H,7-8,10-11H2,1-2H3;1H. The van der Waals surface area contributed by atoms with Gasteiger partial charge in [-0.05, 0) is 63.2 Å². The highest BCUT2D eigenvalue weighted by Crippen LogP contribution is 2.32. The first kappa shape index (κ1) is 20.1. The van der Waals surface area contributed by atoms with Crippen LogP contribution in [0.4, 0.5) is 0 Å². The lowest BCUT2D eigenvalue weighted by Crippen LogP contribution is -2.29. The summed E-state index contributed by atoms with van der Waals surface area (Å²) in [6.45, 7) is 4.60. The molecule has 8 heteroatoms. The molecule has 0 aliphatic carbocycles. The number of amides is 1. The average Bonchev–Trinajstić information content (AvgIpc) is 3.33. The second-order valence-electron chi connectivity index (χ2n) is 6.77. The Bertz CT molecular complexity index is 951. The van der Waals surface area contributed by atoms with E-state index in [2.05, 4.69) is 10.4 Å². The van der Waals surface area contributed by atoms with E-state index in [1.165, 1.54) is 11.3 Å². The lowest BCUT2D eigenvalue weighted by atomic mass is 10.1. The summed E-state index contributed by atoms with van der Waals surface area (Å²) in [6, 6.07) is 9.58. The maximum absolute atomic E-state index is 12.9. The molecule has 5 nitrogen and oxygen atoms in total. The Morgan fingerprint density at radius 3 is 2.81 bits per heavy atom. The normalized spacial score (nSPS) is 16.7. The SMILES string of the molecule is CNCC1CCN(C(=O)c2cc3c(C)nn(-c4ccc(Cl)cc4)c3s2)C1.Cl. The number of hydrogen-bond acceptors (Lipinski definition) is 4.